The smallest absolute Gasteiger partial charge is 0.266 e. The molecule has 1 amide bonds. The Morgan fingerprint density at radius 3 is 2.12 bits per heavy atom. The Bertz CT molecular complexity index is 508. The third-order valence-electron chi connectivity index (χ3n) is 2.28. The molecule has 4 nitrogen and oxygen atoms in total. The van der Waals surface area contributed by atoms with Crippen LogP contribution in [-0.2, 0) is 14.8 Å². The molecule has 0 heterocycles. The van der Waals surface area contributed by atoms with Crippen LogP contribution < -0.4 is 0 Å². The largest absolute Gasteiger partial charge is 0.274 e. The van der Waals surface area contributed by atoms with Crippen LogP contribution in [0.3, 0.4) is 0 Å². The van der Waals surface area contributed by atoms with Gasteiger partial charge in [-0.05, 0) is 24.3 Å². The summed E-state index contributed by atoms with van der Waals surface area (Å²) in [6.07, 6.45) is 0. The lowest BCUT2D eigenvalue weighted by Crippen LogP contribution is -2.36. The summed E-state index contributed by atoms with van der Waals surface area (Å²) in [5.74, 6) is -1.45. The van der Waals surface area contributed by atoms with Crippen LogP contribution in [0.1, 0.15) is 13.8 Å². The Labute approximate surface area is 100 Å². The third kappa shape index (κ3) is 2.82. The molecule has 6 heteroatoms. The second-order valence-electron chi connectivity index (χ2n) is 3.92. The van der Waals surface area contributed by atoms with Gasteiger partial charge in [0.05, 0.1) is 4.90 Å². The maximum absolute atomic E-state index is 12.7. The molecule has 0 fully saturated rings. The number of carbonyl (C=O) groups excluding carboxylic acids is 1. The zero-order valence-electron chi connectivity index (χ0n) is 9.84. The van der Waals surface area contributed by atoms with Gasteiger partial charge in [0.25, 0.3) is 10.0 Å². The second kappa shape index (κ2) is 4.83. The predicted octanol–water partition coefficient (Wildman–Crippen LogP) is 1.63. The standard InChI is InChI=1S/C11H14FNO3S/c1-8(2)11(14)13(3)17(15,16)10-6-4-9(12)5-7-10/h4-8H,1-3H3. The minimum atomic E-state index is -3.88. The van der Waals surface area contributed by atoms with Gasteiger partial charge in [0.15, 0.2) is 0 Å². The molecule has 0 bridgehead atoms. The Kier molecular flexibility index (Phi) is 3.87. The van der Waals surface area contributed by atoms with Crippen molar-refractivity contribution in [3.63, 3.8) is 0 Å². The van der Waals surface area contributed by atoms with Gasteiger partial charge in [-0.15, -0.1) is 0 Å². The molecule has 0 saturated carbocycles. The molecule has 0 aliphatic rings. The zero-order valence-corrected chi connectivity index (χ0v) is 10.7. The van der Waals surface area contributed by atoms with Gasteiger partial charge in [-0.2, -0.15) is 0 Å². The Morgan fingerprint density at radius 2 is 1.71 bits per heavy atom. The molecule has 94 valence electrons. The molecule has 1 aromatic rings. The fourth-order valence-corrected chi connectivity index (χ4v) is 2.49. The van der Waals surface area contributed by atoms with E-state index in [1.807, 2.05) is 0 Å². The summed E-state index contributed by atoms with van der Waals surface area (Å²) < 4.78 is 37.3. The molecular formula is C11H14FNO3S. The van der Waals surface area contributed by atoms with E-state index in [1.165, 1.54) is 7.05 Å². The van der Waals surface area contributed by atoms with Gasteiger partial charge in [-0.1, -0.05) is 13.8 Å². The van der Waals surface area contributed by atoms with Crippen LogP contribution in [0.15, 0.2) is 29.2 Å². The van der Waals surface area contributed by atoms with E-state index in [-0.39, 0.29) is 4.90 Å². The Hall–Kier alpha value is -1.43. The number of carbonyl (C=O) groups is 1. The lowest BCUT2D eigenvalue weighted by Gasteiger charge is -2.19. The average Bonchev–Trinajstić information content (AvgIpc) is 2.27. The summed E-state index contributed by atoms with van der Waals surface area (Å²) in [5, 5.41) is 0. The first-order valence-electron chi connectivity index (χ1n) is 5.05. The van der Waals surface area contributed by atoms with Crippen molar-refractivity contribution in [2.24, 2.45) is 5.92 Å². The Morgan fingerprint density at radius 1 is 1.24 bits per heavy atom. The average molecular weight is 259 g/mol. The van der Waals surface area contributed by atoms with Crippen molar-refractivity contribution in [3.8, 4) is 0 Å². The van der Waals surface area contributed by atoms with E-state index in [0.29, 0.717) is 4.31 Å². The van der Waals surface area contributed by atoms with Crippen molar-refractivity contribution in [2.75, 3.05) is 7.05 Å². The van der Waals surface area contributed by atoms with Crippen LogP contribution in [0.5, 0.6) is 0 Å². The van der Waals surface area contributed by atoms with Gasteiger partial charge < -0.3 is 0 Å². The SMILES string of the molecule is CC(C)C(=O)N(C)S(=O)(=O)c1ccc(F)cc1. The van der Waals surface area contributed by atoms with Gasteiger partial charge in [-0.3, -0.25) is 4.79 Å². The van der Waals surface area contributed by atoms with Crippen molar-refractivity contribution in [2.45, 2.75) is 18.7 Å². The summed E-state index contributed by atoms with van der Waals surface area (Å²) in [6, 6.07) is 4.35. The molecule has 1 aromatic carbocycles. The van der Waals surface area contributed by atoms with E-state index in [9.17, 15) is 17.6 Å². The van der Waals surface area contributed by atoms with E-state index < -0.39 is 27.7 Å². The predicted molar refractivity (Wildman–Crippen MR) is 61.2 cm³/mol. The molecular weight excluding hydrogens is 245 g/mol. The molecule has 17 heavy (non-hydrogen) atoms. The summed E-state index contributed by atoms with van der Waals surface area (Å²) >= 11 is 0. The maximum atomic E-state index is 12.7. The van der Waals surface area contributed by atoms with E-state index in [0.717, 1.165) is 24.3 Å². The quantitative estimate of drug-likeness (QED) is 0.829. The van der Waals surface area contributed by atoms with Crippen LogP contribution in [0.2, 0.25) is 0 Å². The van der Waals surface area contributed by atoms with E-state index in [1.54, 1.807) is 13.8 Å². The summed E-state index contributed by atoms with van der Waals surface area (Å²) in [4.78, 5) is 11.5. The minimum Gasteiger partial charge on any atom is -0.274 e. The van der Waals surface area contributed by atoms with Gasteiger partial charge in [0, 0.05) is 13.0 Å². The highest BCUT2D eigenvalue weighted by molar-refractivity contribution is 7.89. The third-order valence-corrected chi connectivity index (χ3v) is 4.05. The highest BCUT2D eigenvalue weighted by Crippen LogP contribution is 2.16. The fraction of sp³-hybridized carbons (Fsp3) is 0.364. The number of nitrogens with zero attached hydrogens (tertiary/aromatic N) is 1. The maximum Gasteiger partial charge on any atom is 0.266 e. The molecule has 0 saturated heterocycles. The summed E-state index contributed by atoms with van der Waals surface area (Å²) in [6.45, 7) is 3.22. The molecule has 0 spiro atoms. The van der Waals surface area contributed by atoms with Crippen molar-refractivity contribution in [1.82, 2.24) is 4.31 Å². The molecule has 1 rings (SSSR count). The highest BCUT2D eigenvalue weighted by atomic mass is 32.2. The molecule has 0 N–H and O–H groups in total. The van der Waals surface area contributed by atoms with Crippen molar-refractivity contribution >= 4 is 15.9 Å². The number of amides is 1. The van der Waals surface area contributed by atoms with Crippen molar-refractivity contribution in [3.05, 3.63) is 30.1 Å². The number of rotatable bonds is 3. The van der Waals surface area contributed by atoms with E-state index in [4.69, 9.17) is 0 Å². The number of halogens is 1. The normalized spacial score (nSPS) is 11.6. The van der Waals surface area contributed by atoms with Gasteiger partial charge in [0.1, 0.15) is 5.82 Å². The number of hydrogen-bond acceptors (Lipinski definition) is 3. The summed E-state index contributed by atoms with van der Waals surface area (Å²) in [7, 11) is -2.69. The monoisotopic (exact) mass is 259 g/mol. The molecule has 0 radical (unpaired) electrons. The number of benzene rings is 1. The molecule has 0 aromatic heterocycles. The number of sulfonamides is 1. The first-order chi connectivity index (χ1) is 7.76. The lowest BCUT2D eigenvalue weighted by atomic mass is 10.2. The van der Waals surface area contributed by atoms with Crippen LogP contribution in [0, 0.1) is 11.7 Å². The Balaban J connectivity index is 3.11. The van der Waals surface area contributed by atoms with Crippen molar-refractivity contribution < 1.29 is 17.6 Å². The molecule has 0 unspecified atom stereocenters. The topological polar surface area (TPSA) is 54.5 Å². The lowest BCUT2D eigenvalue weighted by molar-refractivity contribution is -0.128. The number of hydrogen-bond donors (Lipinski definition) is 0. The van der Waals surface area contributed by atoms with Crippen LogP contribution >= 0.6 is 0 Å². The first kappa shape index (κ1) is 13.6. The van der Waals surface area contributed by atoms with Crippen LogP contribution in [0.4, 0.5) is 4.39 Å². The fourth-order valence-electron chi connectivity index (χ4n) is 1.25. The van der Waals surface area contributed by atoms with Gasteiger partial charge in [0.2, 0.25) is 5.91 Å². The van der Waals surface area contributed by atoms with Gasteiger partial charge in [-0.25, -0.2) is 17.1 Å². The van der Waals surface area contributed by atoms with E-state index in [2.05, 4.69) is 0 Å². The van der Waals surface area contributed by atoms with Crippen molar-refractivity contribution in [1.29, 1.82) is 0 Å². The molecule has 0 aliphatic carbocycles. The highest BCUT2D eigenvalue weighted by Gasteiger charge is 2.26. The molecule has 0 atom stereocenters. The van der Waals surface area contributed by atoms with Crippen LogP contribution in [-0.4, -0.2) is 25.7 Å². The molecule has 0 aliphatic heterocycles. The van der Waals surface area contributed by atoms with E-state index >= 15 is 0 Å². The minimum absolute atomic E-state index is 0.101. The van der Waals surface area contributed by atoms with Crippen LogP contribution in [0.25, 0.3) is 0 Å². The first-order valence-corrected chi connectivity index (χ1v) is 6.49. The zero-order chi connectivity index (χ0) is 13.2. The van der Waals surface area contributed by atoms with Gasteiger partial charge >= 0.3 is 0 Å². The summed E-state index contributed by atoms with van der Waals surface area (Å²) in [5.41, 5.74) is 0. The second-order valence-corrected chi connectivity index (χ2v) is 5.89.